The van der Waals surface area contributed by atoms with Gasteiger partial charge in [-0.1, -0.05) is 0 Å². The van der Waals surface area contributed by atoms with Crippen LogP contribution in [-0.4, -0.2) is 36.1 Å². The Kier molecular flexibility index (Phi) is 5.91. The summed E-state index contributed by atoms with van der Waals surface area (Å²) in [5, 5.41) is 2.69. The Balaban J connectivity index is 2.69. The lowest BCUT2D eigenvalue weighted by Crippen LogP contribution is -2.21. The molecule has 0 amide bonds. The lowest BCUT2D eigenvalue weighted by molar-refractivity contribution is -0.137. The van der Waals surface area contributed by atoms with Gasteiger partial charge in [-0.3, -0.25) is 19.4 Å². The molecule has 0 spiro atoms. The first kappa shape index (κ1) is 21.2. The fourth-order valence-corrected chi connectivity index (χ4v) is 3.63. The molecule has 0 aliphatic carbocycles. The number of nitrogens with zero attached hydrogens (tertiary/aromatic N) is 1. The van der Waals surface area contributed by atoms with Gasteiger partial charge in [0.15, 0.2) is 9.84 Å². The minimum absolute atomic E-state index is 0.243. The predicted molar refractivity (Wildman–Crippen MR) is 93.1 cm³/mol. The summed E-state index contributed by atoms with van der Waals surface area (Å²) in [6, 6.07) is 1.79. The van der Waals surface area contributed by atoms with Crippen LogP contribution < -0.4 is 5.56 Å². The van der Waals surface area contributed by atoms with Crippen LogP contribution >= 0.6 is 11.6 Å². The van der Waals surface area contributed by atoms with Crippen molar-refractivity contribution in [3.05, 3.63) is 50.9 Å². The Morgan fingerprint density at radius 2 is 1.93 bits per heavy atom. The molecule has 27 heavy (non-hydrogen) atoms. The lowest BCUT2D eigenvalue weighted by atomic mass is 10.0. The molecule has 1 aromatic carbocycles. The number of alkyl halides is 4. The number of rotatable bonds is 6. The molecule has 1 N–H and O–H groups in total. The third-order valence-electron chi connectivity index (χ3n) is 3.86. The number of ketones is 1. The number of hydrogen-bond acceptors (Lipinski definition) is 4. The van der Waals surface area contributed by atoms with Gasteiger partial charge in [0.1, 0.15) is 5.56 Å². The van der Waals surface area contributed by atoms with Gasteiger partial charge >= 0.3 is 6.18 Å². The number of aromatic amines is 1. The van der Waals surface area contributed by atoms with E-state index in [-0.39, 0.29) is 23.6 Å². The number of carbonyl (C=O) groups is 1. The molecule has 11 heteroatoms. The van der Waals surface area contributed by atoms with Crippen molar-refractivity contribution in [2.75, 3.05) is 12.1 Å². The van der Waals surface area contributed by atoms with Crippen LogP contribution in [0.3, 0.4) is 0 Å². The van der Waals surface area contributed by atoms with Crippen molar-refractivity contribution in [1.82, 2.24) is 9.78 Å². The zero-order valence-electron chi connectivity index (χ0n) is 14.4. The molecular weight excluding hydrogens is 409 g/mol. The van der Waals surface area contributed by atoms with Crippen LogP contribution in [0.25, 0.3) is 0 Å². The van der Waals surface area contributed by atoms with Crippen LogP contribution in [0, 0.1) is 0 Å². The van der Waals surface area contributed by atoms with Gasteiger partial charge in [0.05, 0.1) is 10.5 Å². The second-order valence-corrected chi connectivity index (χ2v) is 8.29. The first-order valence-electron chi connectivity index (χ1n) is 7.67. The highest BCUT2D eigenvalue weighted by atomic mass is 35.5. The van der Waals surface area contributed by atoms with Gasteiger partial charge in [-0.25, -0.2) is 8.42 Å². The number of sulfone groups is 1. The van der Waals surface area contributed by atoms with Crippen LogP contribution in [0.4, 0.5) is 13.2 Å². The highest BCUT2D eigenvalue weighted by molar-refractivity contribution is 7.90. The number of halogens is 4. The average Bonchev–Trinajstić information content (AvgIpc) is 2.84. The number of aromatic nitrogens is 2. The monoisotopic (exact) mass is 424 g/mol. The van der Waals surface area contributed by atoms with E-state index < -0.39 is 43.4 Å². The SMILES string of the molecule is Cn1[nH]c(CCCCl)c(C(=O)c2ccc(C(F)(F)F)cc2S(C)(=O)=O)c1=O. The summed E-state index contributed by atoms with van der Waals surface area (Å²) in [5.74, 6) is -0.699. The Morgan fingerprint density at radius 1 is 1.30 bits per heavy atom. The molecule has 0 unspecified atom stereocenters. The Bertz CT molecular complexity index is 1040. The Hall–Kier alpha value is -2.07. The van der Waals surface area contributed by atoms with E-state index in [1.54, 1.807) is 0 Å². The standard InChI is InChI=1S/C16H16ClF3N2O4S/c1-22-15(24)13(11(21-22)4-3-7-17)14(23)10-6-5-9(16(18,19)20)8-12(10)27(2,25)26/h5-6,8,21H,3-4,7H2,1-2H3. The smallest absolute Gasteiger partial charge is 0.299 e. The summed E-state index contributed by atoms with van der Waals surface area (Å²) in [6.07, 6.45) is -3.40. The van der Waals surface area contributed by atoms with E-state index in [0.717, 1.165) is 10.7 Å². The Morgan fingerprint density at radius 3 is 2.44 bits per heavy atom. The molecule has 6 nitrogen and oxygen atoms in total. The topological polar surface area (TPSA) is 89.0 Å². The molecule has 0 aliphatic heterocycles. The van der Waals surface area contributed by atoms with E-state index in [4.69, 9.17) is 11.6 Å². The van der Waals surface area contributed by atoms with Crippen LogP contribution in [0.2, 0.25) is 0 Å². The molecule has 0 saturated heterocycles. The van der Waals surface area contributed by atoms with Gasteiger partial charge in [0.25, 0.3) is 5.56 Å². The largest absolute Gasteiger partial charge is 0.416 e. The number of H-pyrrole nitrogens is 1. The minimum Gasteiger partial charge on any atom is -0.299 e. The maximum Gasteiger partial charge on any atom is 0.416 e. The maximum atomic E-state index is 12.9. The fourth-order valence-electron chi connectivity index (χ4n) is 2.59. The molecule has 1 heterocycles. The highest BCUT2D eigenvalue weighted by Crippen LogP contribution is 2.32. The molecule has 2 aromatic rings. The van der Waals surface area contributed by atoms with Crippen molar-refractivity contribution in [1.29, 1.82) is 0 Å². The number of nitrogens with one attached hydrogen (secondary N) is 1. The van der Waals surface area contributed by atoms with Crippen LogP contribution in [0.1, 0.15) is 33.6 Å². The zero-order chi connectivity index (χ0) is 20.6. The second kappa shape index (κ2) is 7.51. The van der Waals surface area contributed by atoms with Crippen molar-refractivity contribution < 1.29 is 26.4 Å². The molecule has 0 aliphatic rings. The number of benzene rings is 1. The molecule has 148 valence electrons. The van der Waals surface area contributed by atoms with Crippen molar-refractivity contribution in [3.8, 4) is 0 Å². The van der Waals surface area contributed by atoms with Gasteiger partial charge in [-0.05, 0) is 31.0 Å². The second-order valence-electron chi connectivity index (χ2n) is 5.93. The van der Waals surface area contributed by atoms with Gasteiger partial charge in [-0.15, -0.1) is 11.6 Å². The predicted octanol–water partition coefficient (Wildman–Crippen LogP) is 2.54. The Labute approximate surface area is 157 Å². The van der Waals surface area contributed by atoms with Crippen LogP contribution in [0.15, 0.2) is 27.9 Å². The molecule has 0 fully saturated rings. The van der Waals surface area contributed by atoms with E-state index in [2.05, 4.69) is 5.10 Å². The van der Waals surface area contributed by atoms with E-state index in [1.165, 1.54) is 7.05 Å². The summed E-state index contributed by atoms with van der Waals surface area (Å²) < 4.78 is 63.8. The molecule has 0 bridgehead atoms. The van der Waals surface area contributed by atoms with E-state index in [1.807, 2.05) is 0 Å². The quantitative estimate of drug-likeness (QED) is 0.570. The first-order valence-corrected chi connectivity index (χ1v) is 10.1. The average molecular weight is 425 g/mol. The van der Waals surface area contributed by atoms with Crippen molar-refractivity contribution in [2.24, 2.45) is 7.05 Å². The van der Waals surface area contributed by atoms with E-state index in [9.17, 15) is 31.2 Å². The summed E-state index contributed by atoms with van der Waals surface area (Å²) >= 11 is 5.62. The third-order valence-corrected chi connectivity index (χ3v) is 5.27. The lowest BCUT2D eigenvalue weighted by Gasteiger charge is -2.12. The summed E-state index contributed by atoms with van der Waals surface area (Å²) in [4.78, 5) is 24.4. The molecule has 0 saturated carbocycles. The number of carbonyl (C=O) groups excluding carboxylic acids is 1. The summed E-state index contributed by atoms with van der Waals surface area (Å²) in [5.41, 5.74) is -2.47. The van der Waals surface area contributed by atoms with Crippen molar-refractivity contribution in [3.63, 3.8) is 0 Å². The van der Waals surface area contributed by atoms with Crippen LogP contribution in [0.5, 0.6) is 0 Å². The highest BCUT2D eigenvalue weighted by Gasteiger charge is 2.34. The number of hydrogen-bond donors (Lipinski definition) is 1. The molecule has 1 aromatic heterocycles. The fraction of sp³-hybridized carbons (Fsp3) is 0.375. The summed E-state index contributed by atoms with van der Waals surface area (Å²) in [6.45, 7) is 0. The van der Waals surface area contributed by atoms with Gasteiger partial charge in [0, 0.05) is 30.4 Å². The van der Waals surface area contributed by atoms with Crippen LogP contribution in [-0.2, 0) is 29.5 Å². The van der Waals surface area contributed by atoms with Gasteiger partial charge in [-0.2, -0.15) is 13.2 Å². The third kappa shape index (κ3) is 4.44. The molecule has 0 radical (unpaired) electrons. The minimum atomic E-state index is -4.78. The summed E-state index contributed by atoms with van der Waals surface area (Å²) in [7, 11) is -2.80. The van der Waals surface area contributed by atoms with Crippen molar-refractivity contribution in [2.45, 2.75) is 23.9 Å². The maximum absolute atomic E-state index is 12.9. The first-order chi connectivity index (χ1) is 12.4. The molecular formula is C16H16ClF3N2O4S. The van der Waals surface area contributed by atoms with Gasteiger partial charge in [0.2, 0.25) is 5.78 Å². The normalized spacial score (nSPS) is 12.4. The van der Waals surface area contributed by atoms with E-state index >= 15 is 0 Å². The molecule has 2 rings (SSSR count). The van der Waals surface area contributed by atoms with Gasteiger partial charge < -0.3 is 0 Å². The number of aryl methyl sites for hydroxylation is 2. The molecule has 0 atom stereocenters. The van der Waals surface area contributed by atoms with Crippen molar-refractivity contribution >= 4 is 27.2 Å². The van der Waals surface area contributed by atoms with E-state index in [0.29, 0.717) is 24.8 Å². The zero-order valence-corrected chi connectivity index (χ0v) is 15.9.